The van der Waals surface area contributed by atoms with E-state index in [1.165, 1.54) is 10.4 Å². The van der Waals surface area contributed by atoms with E-state index >= 15 is 0 Å². The van der Waals surface area contributed by atoms with Crippen molar-refractivity contribution in [1.29, 1.82) is 0 Å². The molecule has 1 aliphatic rings. The summed E-state index contributed by atoms with van der Waals surface area (Å²) in [5, 5.41) is -0.285. The number of hydrogen-bond donors (Lipinski definition) is 0. The molecule has 0 N–H and O–H groups in total. The number of hydrogen-bond acceptors (Lipinski definition) is 4. The van der Waals surface area contributed by atoms with Gasteiger partial charge in [0.15, 0.2) is 0 Å². The van der Waals surface area contributed by atoms with Gasteiger partial charge in [-0.25, -0.2) is 4.90 Å². The Labute approximate surface area is 215 Å². The number of thioether (sulfide) groups is 1. The summed E-state index contributed by atoms with van der Waals surface area (Å²) >= 11 is 0.970. The number of rotatable bonds is 6. The van der Waals surface area contributed by atoms with Crippen molar-refractivity contribution in [2.24, 2.45) is 0 Å². The lowest BCUT2D eigenvalue weighted by Crippen LogP contribution is -2.27. The Hall–Kier alpha value is -3.97. The van der Waals surface area contributed by atoms with E-state index in [0.29, 0.717) is 17.2 Å². The lowest BCUT2D eigenvalue weighted by Gasteiger charge is -2.12. The third-order valence-electron chi connectivity index (χ3n) is 6.19. The highest BCUT2D eigenvalue weighted by molar-refractivity contribution is 8.19. The average molecular weight is 492 g/mol. The molecule has 178 valence electrons. The van der Waals surface area contributed by atoms with Gasteiger partial charge in [-0.15, -0.1) is 0 Å². The molecule has 0 radical (unpaired) electrons. The lowest BCUT2D eigenvalue weighted by atomic mass is 9.95. The largest absolute Gasteiger partial charge is 0.489 e. The van der Waals surface area contributed by atoms with Gasteiger partial charge in [0.05, 0.1) is 10.6 Å². The molecule has 1 fully saturated rings. The third-order valence-corrected chi connectivity index (χ3v) is 7.06. The molecular weight excluding hydrogens is 467 g/mol. The maximum atomic E-state index is 13.0. The topological polar surface area (TPSA) is 51.5 Å². The summed E-state index contributed by atoms with van der Waals surface area (Å²) in [7, 11) is 2.07. The molecule has 1 saturated heterocycles. The SMILES string of the molecule is Bc1ccc(COc2ccc(-n3c(C)cc(C=C4SC(=O)N(c5ccccc5)C4=O)c3C)cc2)cc1. The number of aromatic nitrogens is 1. The Kier molecular flexibility index (Phi) is 6.57. The average Bonchev–Trinajstić information content (AvgIpc) is 3.32. The second kappa shape index (κ2) is 9.95. The third kappa shape index (κ3) is 4.75. The summed E-state index contributed by atoms with van der Waals surface area (Å²) in [6, 6.07) is 27.3. The first-order chi connectivity index (χ1) is 17.4. The molecule has 36 heavy (non-hydrogen) atoms. The Morgan fingerprint density at radius 3 is 2.28 bits per heavy atom. The molecule has 0 aliphatic carbocycles. The first-order valence-electron chi connectivity index (χ1n) is 11.7. The minimum Gasteiger partial charge on any atom is -0.489 e. The second-order valence-electron chi connectivity index (χ2n) is 8.78. The molecule has 1 aliphatic heterocycles. The van der Waals surface area contributed by atoms with Gasteiger partial charge in [0.2, 0.25) is 0 Å². The van der Waals surface area contributed by atoms with Crippen molar-refractivity contribution in [2.75, 3.05) is 4.90 Å². The van der Waals surface area contributed by atoms with Crippen LogP contribution in [0.15, 0.2) is 89.8 Å². The van der Waals surface area contributed by atoms with E-state index in [1.54, 1.807) is 12.1 Å². The molecule has 0 saturated carbocycles. The van der Waals surface area contributed by atoms with Crippen LogP contribution >= 0.6 is 11.8 Å². The standard InChI is InChI=1S/C29H25BN2O3S/c1-19-16-22(17-27-28(33)32(29(34)36-27)24-6-4-3-5-7-24)20(2)31(19)25-12-14-26(15-13-25)35-18-21-8-10-23(30)11-9-21/h3-17H,18,30H2,1-2H3. The Balaban J connectivity index is 1.35. The predicted molar refractivity (Wildman–Crippen MR) is 149 cm³/mol. The highest BCUT2D eigenvalue weighted by atomic mass is 32.2. The number of imide groups is 1. The first kappa shape index (κ1) is 23.8. The van der Waals surface area contributed by atoms with E-state index in [2.05, 4.69) is 36.7 Å². The van der Waals surface area contributed by atoms with Gasteiger partial charge in [-0.3, -0.25) is 9.59 Å². The van der Waals surface area contributed by atoms with E-state index < -0.39 is 0 Å². The number of anilines is 1. The van der Waals surface area contributed by atoms with Gasteiger partial charge in [-0.2, -0.15) is 0 Å². The van der Waals surface area contributed by atoms with E-state index in [-0.39, 0.29) is 11.1 Å². The predicted octanol–water partition coefficient (Wildman–Crippen LogP) is 5.17. The van der Waals surface area contributed by atoms with Gasteiger partial charge in [0, 0.05) is 17.1 Å². The minimum absolute atomic E-state index is 0.285. The number of benzene rings is 3. The van der Waals surface area contributed by atoms with Crippen LogP contribution in [0.5, 0.6) is 5.75 Å². The van der Waals surface area contributed by atoms with Crippen LogP contribution in [0.4, 0.5) is 10.5 Å². The Bertz CT molecular complexity index is 1460. The first-order valence-corrected chi connectivity index (χ1v) is 12.5. The van der Waals surface area contributed by atoms with Gasteiger partial charge in [-0.05, 0) is 85.3 Å². The fraction of sp³-hybridized carbons (Fsp3) is 0.103. The number of carbonyl (C=O) groups excluding carboxylic acids is 2. The molecule has 0 atom stereocenters. The van der Waals surface area contributed by atoms with Crippen molar-refractivity contribution in [3.05, 3.63) is 112 Å². The van der Waals surface area contributed by atoms with Crippen molar-refractivity contribution in [3.63, 3.8) is 0 Å². The summed E-state index contributed by atoms with van der Waals surface area (Å²) in [4.78, 5) is 27.2. The summed E-state index contributed by atoms with van der Waals surface area (Å²) in [6.07, 6.45) is 1.81. The molecular formula is C29H25BN2O3S. The zero-order valence-electron chi connectivity index (χ0n) is 20.4. The second-order valence-corrected chi connectivity index (χ2v) is 9.78. The quantitative estimate of drug-likeness (QED) is 0.275. The van der Waals surface area contributed by atoms with Crippen LogP contribution in [-0.4, -0.2) is 23.6 Å². The molecule has 2 heterocycles. The number of ether oxygens (including phenoxy) is 1. The molecule has 1 aromatic heterocycles. The van der Waals surface area contributed by atoms with Crippen molar-refractivity contribution in [1.82, 2.24) is 4.57 Å². The highest BCUT2D eigenvalue weighted by Crippen LogP contribution is 2.36. The number of carbonyl (C=O) groups is 2. The maximum absolute atomic E-state index is 13.0. The number of nitrogens with zero attached hydrogens (tertiary/aromatic N) is 2. The van der Waals surface area contributed by atoms with E-state index in [1.807, 2.05) is 68.5 Å². The van der Waals surface area contributed by atoms with Crippen LogP contribution in [0.2, 0.25) is 0 Å². The number of para-hydroxylation sites is 1. The van der Waals surface area contributed by atoms with E-state index in [0.717, 1.165) is 45.7 Å². The zero-order valence-corrected chi connectivity index (χ0v) is 21.2. The highest BCUT2D eigenvalue weighted by Gasteiger charge is 2.36. The smallest absolute Gasteiger partial charge is 0.298 e. The molecule has 7 heteroatoms. The fourth-order valence-electron chi connectivity index (χ4n) is 4.28. The summed E-state index contributed by atoms with van der Waals surface area (Å²) in [5.74, 6) is 0.507. The Morgan fingerprint density at radius 2 is 1.58 bits per heavy atom. The van der Waals surface area contributed by atoms with Crippen molar-refractivity contribution in [2.45, 2.75) is 20.5 Å². The van der Waals surface area contributed by atoms with E-state index in [4.69, 9.17) is 4.74 Å². The van der Waals surface area contributed by atoms with Gasteiger partial charge in [-0.1, -0.05) is 47.9 Å². The zero-order chi connectivity index (χ0) is 25.2. The van der Waals surface area contributed by atoms with Crippen LogP contribution in [0.1, 0.15) is 22.5 Å². The van der Waals surface area contributed by atoms with Crippen molar-refractivity contribution in [3.8, 4) is 11.4 Å². The van der Waals surface area contributed by atoms with Crippen LogP contribution < -0.4 is 15.1 Å². The summed E-state index contributed by atoms with van der Waals surface area (Å²) in [5.41, 5.74) is 6.88. The molecule has 3 aromatic carbocycles. The van der Waals surface area contributed by atoms with E-state index in [9.17, 15) is 9.59 Å². The molecule has 5 nitrogen and oxygen atoms in total. The minimum atomic E-state index is -0.295. The molecule has 4 aromatic rings. The summed E-state index contributed by atoms with van der Waals surface area (Å²) in [6.45, 7) is 4.56. The molecule has 0 bridgehead atoms. The van der Waals surface area contributed by atoms with Crippen molar-refractivity contribution < 1.29 is 14.3 Å². The molecule has 0 unspecified atom stereocenters. The molecule has 2 amide bonds. The van der Waals surface area contributed by atoms with Gasteiger partial charge >= 0.3 is 0 Å². The maximum Gasteiger partial charge on any atom is 0.298 e. The summed E-state index contributed by atoms with van der Waals surface area (Å²) < 4.78 is 8.09. The lowest BCUT2D eigenvalue weighted by molar-refractivity contribution is -0.113. The van der Waals surface area contributed by atoms with Crippen LogP contribution in [-0.2, 0) is 11.4 Å². The molecule has 0 spiro atoms. The monoisotopic (exact) mass is 492 g/mol. The van der Waals surface area contributed by atoms with Gasteiger partial charge in [0.1, 0.15) is 20.2 Å². The Morgan fingerprint density at radius 1 is 0.889 bits per heavy atom. The van der Waals surface area contributed by atoms with Crippen LogP contribution in [0, 0.1) is 13.8 Å². The normalized spacial score (nSPS) is 14.6. The van der Waals surface area contributed by atoms with Gasteiger partial charge in [0.25, 0.3) is 11.1 Å². The van der Waals surface area contributed by atoms with Gasteiger partial charge < -0.3 is 9.30 Å². The number of aryl methyl sites for hydroxylation is 1. The van der Waals surface area contributed by atoms with Crippen LogP contribution in [0.3, 0.4) is 0 Å². The van der Waals surface area contributed by atoms with Crippen molar-refractivity contribution >= 4 is 48.0 Å². The number of amides is 2. The fourth-order valence-corrected chi connectivity index (χ4v) is 5.11. The molecule has 5 rings (SSSR count). The van der Waals surface area contributed by atoms with Crippen LogP contribution in [0.25, 0.3) is 11.8 Å².